The minimum Gasteiger partial charge on any atom is -0.380 e. The molecule has 20 heavy (non-hydrogen) atoms. The first kappa shape index (κ1) is 14.5. The van der Waals surface area contributed by atoms with E-state index in [4.69, 9.17) is 0 Å². The number of nitrogens with one attached hydrogen (secondary N) is 2. The molecule has 0 unspecified atom stereocenters. The number of rotatable bonds is 6. The van der Waals surface area contributed by atoms with Crippen molar-refractivity contribution in [2.24, 2.45) is 0 Å². The van der Waals surface area contributed by atoms with Crippen molar-refractivity contribution in [3.63, 3.8) is 0 Å². The molecule has 0 bridgehead atoms. The van der Waals surface area contributed by atoms with Crippen LogP contribution in [0.15, 0.2) is 30.5 Å². The second-order valence-electron chi connectivity index (χ2n) is 4.37. The lowest BCUT2D eigenvalue weighted by atomic mass is 10.2. The molecule has 0 saturated heterocycles. The van der Waals surface area contributed by atoms with E-state index in [1.807, 2.05) is 37.4 Å². The van der Waals surface area contributed by atoms with Crippen LogP contribution < -0.4 is 10.6 Å². The van der Waals surface area contributed by atoms with Crippen molar-refractivity contribution in [1.29, 1.82) is 0 Å². The van der Waals surface area contributed by atoms with Crippen LogP contribution in [0.3, 0.4) is 0 Å². The maximum atomic E-state index is 11.8. The highest BCUT2D eigenvalue weighted by atomic mass is 32.1. The lowest BCUT2D eigenvalue weighted by Gasteiger charge is -2.07. The van der Waals surface area contributed by atoms with Gasteiger partial charge in [-0.25, -0.2) is 4.98 Å². The quantitative estimate of drug-likeness (QED) is 0.859. The van der Waals surface area contributed by atoms with Crippen molar-refractivity contribution >= 4 is 22.9 Å². The molecule has 106 valence electrons. The number of aryl methyl sites for hydroxylation is 1. The Kier molecular flexibility index (Phi) is 5.12. The number of amides is 1. The Labute approximate surface area is 123 Å². The fraction of sp³-hybridized carbons (Fsp3) is 0.333. The number of aromatic nitrogens is 1. The van der Waals surface area contributed by atoms with Gasteiger partial charge in [-0.2, -0.15) is 0 Å². The van der Waals surface area contributed by atoms with Crippen LogP contribution in [0.1, 0.15) is 34.1 Å². The number of hydrogen-bond donors (Lipinski definition) is 2. The normalized spacial score (nSPS) is 10.3. The predicted octanol–water partition coefficient (Wildman–Crippen LogP) is 3.07. The Morgan fingerprint density at radius 2 is 2.20 bits per heavy atom. The van der Waals surface area contributed by atoms with Gasteiger partial charge in [0.25, 0.3) is 5.91 Å². The van der Waals surface area contributed by atoms with Crippen LogP contribution in [0.4, 0.5) is 5.69 Å². The van der Waals surface area contributed by atoms with Gasteiger partial charge in [-0.05, 0) is 31.5 Å². The van der Waals surface area contributed by atoms with E-state index in [1.54, 1.807) is 11.3 Å². The second kappa shape index (κ2) is 7.05. The average molecular weight is 289 g/mol. The van der Waals surface area contributed by atoms with Crippen molar-refractivity contribution < 1.29 is 4.79 Å². The Morgan fingerprint density at radius 3 is 2.90 bits per heavy atom. The Hall–Kier alpha value is -1.88. The van der Waals surface area contributed by atoms with E-state index in [-0.39, 0.29) is 5.91 Å². The molecule has 0 aliphatic carbocycles. The number of carbonyl (C=O) groups excluding carboxylic acids is 1. The van der Waals surface area contributed by atoms with Crippen molar-refractivity contribution in [1.82, 2.24) is 10.3 Å². The first-order valence-corrected chi connectivity index (χ1v) is 7.60. The van der Waals surface area contributed by atoms with E-state index in [0.29, 0.717) is 12.1 Å². The van der Waals surface area contributed by atoms with E-state index >= 15 is 0 Å². The van der Waals surface area contributed by atoms with Gasteiger partial charge in [0, 0.05) is 28.9 Å². The SMILES string of the molecule is CCNC(=O)c1cccc(NCc2cnc(CC)s2)c1. The molecule has 0 aliphatic rings. The molecule has 0 radical (unpaired) electrons. The zero-order valence-corrected chi connectivity index (χ0v) is 12.6. The van der Waals surface area contributed by atoms with Crippen molar-refractivity contribution in [3.05, 3.63) is 45.9 Å². The first-order chi connectivity index (χ1) is 9.72. The molecule has 1 amide bonds. The standard InChI is InChI=1S/C15H19N3OS/c1-3-14-18-10-13(20-14)9-17-12-7-5-6-11(8-12)15(19)16-4-2/h5-8,10,17H,3-4,9H2,1-2H3,(H,16,19). The lowest BCUT2D eigenvalue weighted by Crippen LogP contribution is -2.22. The molecule has 5 heteroatoms. The lowest BCUT2D eigenvalue weighted by molar-refractivity contribution is 0.0956. The fourth-order valence-electron chi connectivity index (χ4n) is 1.82. The molecule has 4 nitrogen and oxygen atoms in total. The first-order valence-electron chi connectivity index (χ1n) is 6.78. The third-order valence-electron chi connectivity index (χ3n) is 2.83. The third kappa shape index (κ3) is 3.81. The Morgan fingerprint density at radius 1 is 1.35 bits per heavy atom. The predicted molar refractivity (Wildman–Crippen MR) is 83.3 cm³/mol. The summed E-state index contributed by atoms with van der Waals surface area (Å²) >= 11 is 1.72. The summed E-state index contributed by atoms with van der Waals surface area (Å²) in [6.45, 7) is 5.38. The third-order valence-corrected chi connectivity index (χ3v) is 3.97. The van der Waals surface area contributed by atoms with Crippen LogP contribution in [-0.4, -0.2) is 17.4 Å². The number of carbonyl (C=O) groups is 1. The molecule has 1 aromatic carbocycles. The highest BCUT2D eigenvalue weighted by molar-refractivity contribution is 7.11. The molecule has 2 rings (SSSR count). The smallest absolute Gasteiger partial charge is 0.251 e. The minimum atomic E-state index is -0.0396. The summed E-state index contributed by atoms with van der Waals surface area (Å²) in [5, 5.41) is 7.28. The highest BCUT2D eigenvalue weighted by Crippen LogP contribution is 2.16. The number of anilines is 1. The van der Waals surface area contributed by atoms with Crippen LogP contribution in [0.5, 0.6) is 0 Å². The van der Waals surface area contributed by atoms with Gasteiger partial charge in [-0.3, -0.25) is 4.79 Å². The molecule has 0 fully saturated rings. The van der Waals surface area contributed by atoms with Gasteiger partial charge in [0.1, 0.15) is 0 Å². The number of nitrogens with zero attached hydrogens (tertiary/aromatic N) is 1. The molecule has 1 aromatic heterocycles. The topological polar surface area (TPSA) is 54.0 Å². The molecule has 2 N–H and O–H groups in total. The van der Waals surface area contributed by atoms with Crippen LogP contribution in [0.2, 0.25) is 0 Å². The van der Waals surface area contributed by atoms with Gasteiger partial charge in [0.15, 0.2) is 0 Å². The molecule has 0 atom stereocenters. The summed E-state index contributed by atoms with van der Waals surface area (Å²) in [7, 11) is 0. The maximum Gasteiger partial charge on any atom is 0.251 e. The Balaban J connectivity index is 1.99. The van der Waals surface area contributed by atoms with Crippen LogP contribution in [0.25, 0.3) is 0 Å². The largest absolute Gasteiger partial charge is 0.380 e. The summed E-state index contributed by atoms with van der Waals surface area (Å²) in [5.41, 5.74) is 1.62. The molecule has 0 aliphatic heterocycles. The van der Waals surface area contributed by atoms with E-state index in [2.05, 4.69) is 22.5 Å². The van der Waals surface area contributed by atoms with Gasteiger partial charge in [0.2, 0.25) is 0 Å². The van der Waals surface area contributed by atoms with Gasteiger partial charge in [-0.15, -0.1) is 11.3 Å². The molecular formula is C15H19N3OS. The molecule has 2 aromatic rings. The van der Waals surface area contributed by atoms with Crippen molar-refractivity contribution in [2.75, 3.05) is 11.9 Å². The van der Waals surface area contributed by atoms with Crippen molar-refractivity contribution in [2.45, 2.75) is 26.8 Å². The second-order valence-corrected chi connectivity index (χ2v) is 5.57. The van der Waals surface area contributed by atoms with Gasteiger partial charge in [-0.1, -0.05) is 13.0 Å². The fourth-order valence-corrected chi connectivity index (χ4v) is 2.62. The van der Waals surface area contributed by atoms with E-state index in [0.717, 1.165) is 23.7 Å². The van der Waals surface area contributed by atoms with E-state index < -0.39 is 0 Å². The number of hydrogen-bond acceptors (Lipinski definition) is 4. The monoisotopic (exact) mass is 289 g/mol. The summed E-state index contributed by atoms with van der Waals surface area (Å²) in [6.07, 6.45) is 2.88. The number of benzene rings is 1. The zero-order valence-electron chi connectivity index (χ0n) is 11.8. The van der Waals surface area contributed by atoms with E-state index in [1.165, 1.54) is 4.88 Å². The van der Waals surface area contributed by atoms with Crippen LogP contribution in [0, 0.1) is 0 Å². The zero-order chi connectivity index (χ0) is 14.4. The Bertz CT molecular complexity index is 580. The van der Waals surface area contributed by atoms with Gasteiger partial charge < -0.3 is 10.6 Å². The molecular weight excluding hydrogens is 270 g/mol. The molecule has 0 saturated carbocycles. The average Bonchev–Trinajstić information content (AvgIpc) is 2.94. The summed E-state index contributed by atoms with van der Waals surface area (Å²) in [5.74, 6) is -0.0396. The minimum absolute atomic E-state index is 0.0396. The van der Waals surface area contributed by atoms with Crippen LogP contribution in [-0.2, 0) is 13.0 Å². The highest BCUT2D eigenvalue weighted by Gasteiger charge is 2.05. The summed E-state index contributed by atoms with van der Waals surface area (Å²) in [4.78, 5) is 17.3. The molecule has 0 spiro atoms. The maximum absolute atomic E-state index is 11.8. The van der Waals surface area contributed by atoms with Crippen molar-refractivity contribution in [3.8, 4) is 0 Å². The van der Waals surface area contributed by atoms with Crippen LogP contribution >= 0.6 is 11.3 Å². The molecule has 1 heterocycles. The van der Waals surface area contributed by atoms with E-state index in [9.17, 15) is 4.79 Å². The summed E-state index contributed by atoms with van der Waals surface area (Å²) < 4.78 is 0. The number of thiazole rings is 1. The van der Waals surface area contributed by atoms with Gasteiger partial charge in [0.05, 0.1) is 11.6 Å². The van der Waals surface area contributed by atoms with Gasteiger partial charge >= 0.3 is 0 Å². The summed E-state index contributed by atoms with van der Waals surface area (Å²) in [6, 6.07) is 7.53.